The number of aromatic nitrogens is 3. The lowest BCUT2D eigenvalue weighted by molar-refractivity contribution is -0.385. The Bertz CT molecular complexity index is 686. The highest BCUT2D eigenvalue weighted by Crippen LogP contribution is 2.29. The molecule has 0 fully saturated rings. The van der Waals surface area contributed by atoms with Crippen LogP contribution >= 0.6 is 23.3 Å². The molecule has 104 valence electrons. The molecule has 2 heterocycles. The van der Waals surface area contributed by atoms with E-state index in [9.17, 15) is 10.1 Å². The van der Waals surface area contributed by atoms with Crippen molar-refractivity contribution >= 4 is 34.8 Å². The smallest absolute Gasteiger partial charge is 0.298 e. The molecule has 9 nitrogen and oxygen atoms in total. The van der Waals surface area contributed by atoms with E-state index in [0.29, 0.717) is 15.2 Å². The summed E-state index contributed by atoms with van der Waals surface area (Å²) >= 11 is 2.38. The van der Waals surface area contributed by atoms with Crippen molar-refractivity contribution in [3.63, 3.8) is 0 Å². The van der Waals surface area contributed by atoms with Crippen LogP contribution in [0, 0.1) is 17.0 Å². The standard InChI is InChI=1S/C9H8N6O3S2/c1-4-11-9(20-14-4)19-6-3-2-5(15(17)18)7(12-6)8(10)13-16/h2-3,16H,1H3,(H2,10,13). The number of hydrogen-bond acceptors (Lipinski definition) is 9. The molecule has 0 bridgehead atoms. The van der Waals surface area contributed by atoms with Crippen LogP contribution in [0.5, 0.6) is 0 Å². The van der Waals surface area contributed by atoms with Gasteiger partial charge in [0.15, 0.2) is 15.9 Å². The van der Waals surface area contributed by atoms with Gasteiger partial charge in [-0.3, -0.25) is 10.1 Å². The van der Waals surface area contributed by atoms with Gasteiger partial charge in [0, 0.05) is 6.07 Å². The van der Waals surface area contributed by atoms with Crippen molar-refractivity contribution in [1.82, 2.24) is 14.3 Å². The molecule has 2 aromatic rings. The van der Waals surface area contributed by atoms with E-state index in [4.69, 9.17) is 10.9 Å². The highest BCUT2D eigenvalue weighted by atomic mass is 32.2. The normalized spacial score (nSPS) is 11.6. The van der Waals surface area contributed by atoms with E-state index in [1.807, 2.05) is 0 Å². The predicted molar refractivity (Wildman–Crippen MR) is 72.2 cm³/mol. The maximum atomic E-state index is 10.9. The van der Waals surface area contributed by atoms with Crippen molar-refractivity contribution in [2.45, 2.75) is 16.3 Å². The summed E-state index contributed by atoms with van der Waals surface area (Å²) in [4.78, 5) is 18.4. The molecule has 0 aliphatic rings. The van der Waals surface area contributed by atoms with Gasteiger partial charge in [-0.2, -0.15) is 4.37 Å². The number of nitrogens with zero attached hydrogens (tertiary/aromatic N) is 5. The van der Waals surface area contributed by atoms with Crippen LogP contribution in [0.15, 0.2) is 26.7 Å². The molecule has 0 radical (unpaired) electrons. The maximum Gasteiger partial charge on any atom is 0.298 e. The average molecular weight is 312 g/mol. The number of nitro groups is 1. The Morgan fingerprint density at radius 1 is 1.55 bits per heavy atom. The summed E-state index contributed by atoms with van der Waals surface area (Å²) in [5.41, 5.74) is 4.87. The van der Waals surface area contributed by atoms with Crippen molar-refractivity contribution in [3.8, 4) is 0 Å². The molecule has 0 saturated carbocycles. The maximum absolute atomic E-state index is 10.9. The van der Waals surface area contributed by atoms with Gasteiger partial charge < -0.3 is 10.9 Å². The second kappa shape index (κ2) is 5.79. The minimum atomic E-state index is -0.649. The molecule has 0 aromatic carbocycles. The van der Waals surface area contributed by atoms with Crippen molar-refractivity contribution in [2.24, 2.45) is 10.9 Å². The van der Waals surface area contributed by atoms with Crippen molar-refractivity contribution in [3.05, 3.63) is 33.8 Å². The molecule has 11 heteroatoms. The van der Waals surface area contributed by atoms with E-state index in [0.717, 1.165) is 0 Å². The fourth-order valence-electron chi connectivity index (χ4n) is 1.28. The van der Waals surface area contributed by atoms with E-state index in [1.165, 1.54) is 35.4 Å². The molecule has 2 aromatic heterocycles. The van der Waals surface area contributed by atoms with Crippen LogP contribution in [0.2, 0.25) is 0 Å². The van der Waals surface area contributed by atoms with Gasteiger partial charge in [-0.25, -0.2) is 9.97 Å². The van der Waals surface area contributed by atoms with Crippen LogP contribution in [0.4, 0.5) is 5.69 Å². The predicted octanol–water partition coefficient (Wildman–Crippen LogP) is 1.40. The summed E-state index contributed by atoms with van der Waals surface area (Å²) in [6.45, 7) is 1.76. The van der Waals surface area contributed by atoms with E-state index in [-0.39, 0.29) is 11.4 Å². The van der Waals surface area contributed by atoms with Gasteiger partial charge in [0.05, 0.1) is 4.92 Å². The largest absolute Gasteiger partial charge is 0.409 e. The number of nitrogens with two attached hydrogens (primary N) is 1. The number of amidine groups is 1. The molecule has 0 spiro atoms. The van der Waals surface area contributed by atoms with E-state index < -0.39 is 10.8 Å². The van der Waals surface area contributed by atoms with Gasteiger partial charge in [-0.15, -0.1) is 0 Å². The Balaban J connectivity index is 2.39. The van der Waals surface area contributed by atoms with Crippen molar-refractivity contribution in [1.29, 1.82) is 0 Å². The number of aryl methyl sites for hydroxylation is 1. The van der Waals surface area contributed by atoms with Crippen LogP contribution in [-0.2, 0) is 0 Å². The molecule has 0 saturated heterocycles. The van der Waals surface area contributed by atoms with Crippen LogP contribution < -0.4 is 5.73 Å². The summed E-state index contributed by atoms with van der Waals surface area (Å²) < 4.78 is 4.67. The molecule has 0 aliphatic heterocycles. The quantitative estimate of drug-likeness (QED) is 0.284. The summed E-state index contributed by atoms with van der Waals surface area (Å²) in [5.74, 6) is 0.212. The van der Waals surface area contributed by atoms with E-state index >= 15 is 0 Å². The van der Waals surface area contributed by atoms with Crippen molar-refractivity contribution in [2.75, 3.05) is 0 Å². The van der Waals surface area contributed by atoms with Gasteiger partial charge in [-0.05, 0) is 36.3 Å². The highest BCUT2D eigenvalue weighted by molar-refractivity contribution is 8.00. The Kier molecular flexibility index (Phi) is 4.10. The van der Waals surface area contributed by atoms with Crippen molar-refractivity contribution < 1.29 is 10.1 Å². The minimum Gasteiger partial charge on any atom is -0.409 e. The summed E-state index contributed by atoms with van der Waals surface area (Å²) in [7, 11) is 0. The number of rotatable bonds is 4. The molecule has 2 rings (SSSR count). The Morgan fingerprint density at radius 2 is 2.30 bits per heavy atom. The molecule has 20 heavy (non-hydrogen) atoms. The Hall–Kier alpha value is -2.27. The lowest BCUT2D eigenvalue weighted by Gasteiger charge is -2.02. The van der Waals surface area contributed by atoms with Crippen LogP contribution in [-0.4, -0.2) is 30.3 Å². The zero-order valence-corrected chi connectivity index (χ0v) is 11.7. The molecular formula is C9H8N6O3S2. The fourth-order valence-corrected chi connectivity index (χ4v) is 2.85. The number of hydrogen-bond donors (Lipinski definition) is 2. The van der Waals surface area contributed by atoms with Gasteiger partial charge in [-0.1, -0.05) is 5.16 Å². The van der Waals surface area contributed by atoms with Crippen LogP contribution in [0.3, 0.4) is 0 Å². The number of oxime groups is 1. The van der Waals surface area contributed by atoms with E-state index in [2.05, 4.69) is 19.5 Å². The lowest BCUT2D eigenvalue weighted by Crippen LogP contribution is -2.17. The van der Waals surface area contributed by atoms with E-state index in [1.54, 1.807) is 6.92 Å². The first-order valence-electron chi connectivity index (χ1n) is 5.12. The molecule has 0 unspecified atom stereocenters. The zero-order chi connectivity index (χ0) is 14.7. The third-order valence-electron chi connectivity index (χ3n) is 2.10. The molecule has 3 N–H and O–H groups in total. The summed E-state index contributed by atoms with van der Waals surface area (Å²) in [6.07, 6.45) is 0. The van der Waals surface area contributed by atoms with Gasteiger partial charge in [0.25, 0.3) is 5.69 Å². The third-order valence-corrected chi connectivity index (χ3v) is 3.88. The monoisotopic (exact) mass is 312 g/mol. The summed E-state index contributed by atoms with van der Waals surface area (Å²) in [6, 6.07) is 2.71. The zero-order valence-electron chi connectivity index (χ0n) is 10.0. The molecular weight excluding hydrogens is 304 g/mol. The van der Waals surface area contributed by atoms with Gasteiger partial charge >= 0.3 is 0 Å². The first-order valence-corrected chi connectivity index (χ1v) is 6.71. The SMILES string of the molecule is Cc1nsc(Sc2ccc([N+](=O)[O-])c(/C(N)=N/O)n2)n1. The van der Waals surface area contributed by atoms with Gasteiger partial charge in [0.2, 0.25) is 0 Å². The highest BCUT2D eigenvalue weighted by Gasteiger charge is 2.20. The topological polar surface area (TPSA) is 140 Å². The Labute approximate surface area is 120 Å². The minimum absolute atomic E-state index is 0.191. The van der Waals surface area contributed by atoms with Crippen LogP contribution in [0.1, 0.15) is 11.5 Å². The van der Waals surface area contributed by atoms with Gasteiger partial charge in [0.1, 0.15) is 10.9 Å². The fraction of sp³-hybridized carbons (Fsp3) is 0.111. The molecule has 0 aliphatic carbocycles. The molecule has 0 amide bonds. The number of pyridine rings is 1. The lowest BCUT2D eigenvalue weighted by atomic mass is 10.3. The second-order valence-electron chi connectivity index (χ2n) is 3.47. The summed E-state index contributed by atoms with van der Waals surface area (Å²) in [5, 5.41) is 22.7. The third kappa shape index (κ3) is 3.00. The second-order valence-corrected chi connectivity index (χ2v) is 5.49. The average Bonchev–Trinajstić information content (AvgIpc) is 2.82. The Morgan fingerprint density at radius 3 is 2.85 bits per heavy atom. The first kappa shape index (κ1) is 14.1. The van der Waals surface area contributed by atoms with Crippen LogP contribution in [0.25, 0.3) is 0 Å². The first-order chi connectivity index (χ1) is 9.51. The molecule has 0 atom stereocenters.